The Morgan fingerprint density at radius 3 is 3.06 bits per heavy atom. The molecule has 2 N–H and O–H groups in total. The van der Waals surface area contributed by atoms with Crippen LogP contribution in [0.1, 0.15) is 24.5 Å². The Bertz CT molecular complexity index is 363. The number of amides is 1. The summed E-state index contributed by atoms with van der Waals surface area (Å²) in [6, 6.07) is 2.46. The minimum atomic E-state index is -0.601. The van der Waals surface area contributed by atoms with Crippen LogP contribution in [-0.2, 0) is 4.79 Å². The van der Waals surface area contributed by atoms with Crippen molar-refractivity contribution in [2.75, 3.05) is 20.1 Å². The van der Waals surface area contributed by atoms with Gasteiger partial charge in [-0.05, 0) is 42.3 Å². The maximum Gasteiger partial charge on any atom is 0.234 e. The molecule has 0 radical (unpaired) electrons. The van der Waals surface area contributed by atoms with Crippen molar-refractivity contribution in [3.05, 3.63) is 22.4 Å². The molecule has 1 aliphatic rings. The Hall–Kier alpha value is -0.910. The van der Waals surface area contributed by atoms with Crippen LogP contribution < -0.4 is 5.32 Å². The van der Waals surface area contributed by atoms with Crippen molar-refractivity contribution in [2.45, 2.75) is 25.0 Å². The summed E-state index contributed by atoms with van der Waals surface area (Å²) in [4.78, 5) is 13.7. The zero-order valence-corrected chi connectivity index (χ0v) is 10.7. The van der Waals surface area contributed by atoms with Crippen LogP contribution in [0.15, 0.2) is 16.8 Å². The van der Waals surface area contributed by atoms with E-state index in [1.807, 2.05) is 23.9 Å². The Morgan fingerprint density at radius 1 is 1.71 bits per heavy atom. The van der Waals surface area contributed by atoms with Gasteiger partial charge in [0.15, 0.2) is 0 Å². The fourth-order valence-corrected chi connectivity index (χ4v) is 2.43. The van der Waals surface area contributed by atoms with Crippen LogP contribution in [0.25, 0.3) is 0 Å². The molecule has 1 saturated carbocycles. The van der Waals surface area contributed by atoms with Gasteiger partial charge in [-0.3, -0.25) is 9.69 Å². The number of aliphatic hydroxyl groups is 1. The van der Waals surface area contributed by atoms with Gasteiger partial charge >= 0.3 is 0 Å². The van der Waals surface area contributed by atoms with Crippen LogP contribution in [0, 0.1) is 0 Å². The quantitative estimate of drug-likeness (QED) is 0.796. The molecule has 2 rings (SSSR count). The van der Waals surface area contributed by atoms with Gasteiger partial charge in [0.05, 0.1) is 12.6 Å². The summed E-state index contributed by atoms with van der Waals surface area (Å²) in [5, 5.41) is 16.4. The molecule has 94 valence electrons. The number of likely N-dealkylation sites (N-methyl/N-ethyl adjacent to an activating group) is 1. The third-order valence-electron chi connectivity index (χ3n) is 2.98. The lowest BCUT2D eigenvalue weighted by molar-refractivity contribution is -0.122. The van der Waals surface area contributed by atoms with Crippen molar-refractivity contribution in [1.82, 2.24) is 10.2 Å². The highest BCUT2D eigenvalue weighted by molar-refractivity contribution is 7.07. The molecule has 1 atom stereocenters. The van der Waals surface area contributed by atoms with Crippen molar-refractivity contribution in [3.8, 4) is 0 Å². The molecule has 1 heterocycles. The van der Waals surface area contributed by atoms with E-state index in [0.29, 0.717) is 12.6 Å². The highest BCUT2D eigenvalue weighted by atomic mass is 32.1. The fraction of sp³-hybridized carbons (Fsp3) is 0.583. The van der Waals surface area contributed by atoms with Gasteiger partial charge in [0.25, 0.3) is 0 Å². The summed E-state index contributed by atoms with van der Waals surface area (Å²) in [6.07, 6.45) is 1.79. The van der Waals surface area contributed by atoms with Gasteiger partial charge in [0, 0.05) is 12.6 Å². The van der Waals surface area contributed by atoms with E-state index in [1.54, 1.807) is 11.3 Å². The molecule has 0 saturated heterocycles. The monoisotopic (exact) mass is 254 g/mol. The van der Waals surface area contributed by atoms with Gasteiger partial charge in [-0.15, -0.1) is 0 Å². The largest absolute Gasteiger partial charge is 0.387 e. The lowest BCUT2D eigenvalue weighted by Gasteiger charge is -2.16. The second-order valence-corrected chi connectivity index (χ2v) is 5.30. The third-order valence-corrected chi connectivity index (χ3v) is 3.69. The second-order valence-electron chi connectivity index (χ2n) is 4.52. The molecule has 1 aromatic rings. The number of thiophene rings is 1. The van der Waals surface area contributed by atoms with Crippen LogP contribution in [0.3, 0.4) is 0 Å². The van der Waals surface area contributed by atoms with Crippen LogP contribution in [0.5, 0.6) is 0 Å². The predicted molar refractivity (Wildman–Crippen MR) is 67.9 cm³/mol. The Balaban J connectivity index is 1.68. The SMILES string of the molecule is CN(CC(=O)NCC(O)c1ccsc1)C1CC1. The molecule has 0 aliphatic heterocycles. The minimum Gasteiger partial charge on any atom is -0.387 e. The first-order valence-electron chi connectivity index (χ1n) is 5.84. The van der Waals surface area contributed by atoms with Gasteiger partial charge in [0.1, 0.15) is 0 Å². The van der Waals surface area contributed by atoms with Crippen LogP contribution in [0.4, 0.5) is 0 Å². The Labute approximate surface area is 105 Å². The fourth-order valence-electron chi connectivity index (χ4n) is 1.72. The molecule has 5 heteroatoms. The molecule has 1 aromatic heterocycles. The Kier molecular flexibility index (Phi) is 4.15. The average Bonchev–Trinajstić information content (AvgIpc) is 3.02. The molecule has 1 amide bonds. The zero-order chi connectivity index (χ0) is 12.3. The van der Waals surface area contributed by atoms with E-state index >= 15 is 0 Å². The lowest BCUT2D eigenvalue weighted by atomic mass is 10.2. The number of hydrogen-bond donors (Lipinski definition) is 2. The summed E-state index contributed by atoms with van der Waals surface area (Å²) in [5.74, 6) is -0.0197. The van der Waals surface area contributed by atoms with Gasteiger partial charge in [-0.1, -0.05) is 0 Å². The molecule has 1 fully saturated rings. The number of nitrogens with zero attached hydrogens (tertiary/aromatic N) is 1. The van der Waals surface area contributed by atoms with Gasteiger partial charge in [0.2, 0.25) is 5.91 Å². The van der Waals surface area contributed by atoms with Crippen molar-refractivity contribution in [3.63, 3.8) is 0 Å². The van der Waals surface area contributed by atoms with Crippen LogP contribution >= 0.6 is 11.3 Å². The third kappa shape index (κ3) is 3.80. The average molecular weight is 254 g/mol. The van der Waals surface area contributed by atoms with E-state index < -0.39 is 6.10 Å². The maximum atomic E-state index is 11.6. The van der Waals surface area contributed by atoms with E-state index in [0.717, 1.165) is 5.56 Å². The van der Waals surface area contributed by atoms with Gasteiger partial charge in [-0.2, -0.15) is 11.3 Å². The summed E-state index contributed by atoms with van der Waals surface area (Å²) in [5.41, 5.74) is 0.867. The lowest BCUT2D eigenvalue weighted by Crippen LogP contribution is -2.37. The predicted octanol–water partition coefficient (Wildman–Crippen LogP) is 0.992. The molecule has 0 bridgehead atoms. The first-order chi connectivity index (χ1) is 8.16. The number of carbonyl (C=O) groups excluding carboxylic acids is 1. The summed E-state index contributed by atoms with van der Waals surface area (Å²) in [6.45, 7) is 0.703. The van der Waals surface area contributed by atoms with Gasteiger partial charge in [-0.25, -0.2) is 0 Å². The number of carbonyl (C=O) groups is 1. The number of hydrogen-bond acceptors (Lipinski definition) is 4. The van der Waals surface area contributed by atoms with Crippen molar-refractivity contribution in [1.29, 1.82) is 0 Å². The molecule has 4 nitrogen and oxygen atoms in total. The van der Waals surface area contributed by atoms with E-state index in [-0.39, 0.29) is 12.5 Å². The molecule has 1 aliphatic carbocycles. The van der Waals surface area contributed by atoms with Crippen molar-refractivity contribution < 1.29 is 9.90 Å². The van der Waals surface area contributed by atoms with E-state index in [9.17, 15) is 9.90 Å². The smallest absolute Gasteiger partial charge is 0.234 e. The molecular weight excluding hydrogens is 236 g/mol. The normalized spacial score (nSPS) is 17.1. The summed E-state index contributed by atoms with van der Waals surface area (Å²) >= 11 is 1.54. The van der Waals surface area contributed by atoms with Gasteiger partial charge < -0.3 is 10.4 Å². The highest BCUT2D eigenvalue weighted by Gasteiger charge is 2.27. The molecule has 1 unspecified atom stereocenters. The van der Waals surface area contributed by atoms with Crippen LogP contribution in [0.2, 0.25) is 0 Å². The van der Waals surface area contributed by atoms with Crippen molar-refractivity contribution in [2.24, 2.45) is 0 Å². The standard InChI is InChI=1S/C12H18N2O2S/c1-14(10-2-3-10)7-12(16)13-6-11(15)9-4-5-17-8-9/h4-5,8,10-11,15H,2-3,6-7H2,1H3,(H,13,16). The topological polar surface area (TPSA) is 52.6 Å². The Morgan fingerprint density at radius 2 is 2.47 bits per heavy atom. The first-order valence-corrected chi connectivity index (χ1v) is 6.78. The summed E-state index contributed by atoms with van der Waals surface area (Å²) < 4.78 is 0. The van der Waals surface area contributed by atoms with E-state index in [2.05, 4.69) is 10.2 Å². The van der Waals surface area contributed by atoms with Crippen LogP contribution in [-0.4, -0.2) is 42.1 Å². The van der Waals surface area contributed by atoms with Crippen molar-refractivity contribution >= 4 is 17.2 Å². The second kappa shape index (κ2) is 5.62. The number of nitrogens with one attached hydrogen (secondary N) is 1. The number of rotatable bonds is 6. The molecule has 17 heavy (non-hydrogen) atoms. The first kappa shape index (κ1) is 12.5. The highest BCUT2D eigenvalue weighted by Crippen LogP contribution is 2.24. The molecular formula is C12H18N2O2S. The minimum absolute atomic E-state index is 0.0197. The molecule has 0 aromatic carbocycles. The van der Waals surface area contributed by atoms with E-state index in [4.69, 9.17) is 0 Å². The maximum absolute atomic E-state index is 11.6. The number of aliphatic hydroxyl groups excluding tert-OH is 1. The summed E-state index contributed by atoms with van der Waals surface area (Å²) in [7, 11) is 1.96. The molecule has 0 spiro atoms. The zero-order valence-electron chi connectivity index (χ0n) is 9.93. The van der Waals surface area contributed by atoms with E-state index in [1.165, 1.54) is 12.8 Å².